The molecule has 2 aromatic heterocycles. The van der Waals surface area contributed by atoms with Gasteiger partial charge in [0.2, 0.25) is 0 Å². The molecule has 0 saturated carbocycles. The molecule has 5 heteroatoms. The second kappa shape index (κ2) is 6.53. The fourth-order valence-corrected chi connectivity index (χ4v) is 3.66. The molecule has 2 heterocycles. The molecule has 0 aliphatic rings. The Morgan fingerprint density at radius 3 is 2.64 bits per heavy atom. The van der Waals surface area contributed by atoms with Crippen molar-refractivity contribution < 1.29 is 4.42 Å². The number of aryl methyl sites for hydroxylation is 1. The van der Waals surface area contributed by atoms with Crippen LogP contribution in [0.15, 0.2) is 69.9 Å². The van der Waals surface area contributed by atoms with Gasteiger partial charge in [-0.2, -0.15) is 0 Å². The summed E-state index contributed by atoms with van der Waals surface area (Å²) in [7, 11) is 0. The maximum Gasteiger partial charge on any atom is 0.345 e. The van der Waals surface area contributed by atoms with E-state index in [4.69, 9.17) is 4.42 Å². The summed E-state index contributed by atoms with van der Waals surface area (Å²) in [6.45, 7) is 2.06. The van der Waals surface area contributed by atoms with E-state index >= 15 is 0 Å². The van der Waals surface area contributed by atoms with E-state index in [9.17, 15) is 4.79 Å². The average molecular weight is 348 g/mol. The molecular formula is C20H16N2O2S. The van der Waals surface area contributed by atoms with E-state index in [-0.39, 0.29) is 5.63 Å². The van der Waals surface area contributed by atoms with Gasteiger partial charge in [0.15, 0.2) is 5.13 Å². The Bertz CT molecular complexity index is 1080. The number of benzene rings is 2. The van der Waals surface area contributed by atoms with Gasteiger partial charge in [0.25, 0.3) is 0 Å². The number of thiazole rings is 1. The number of rotatable bonds is 4. The minimum Gasteiger partial charge on any atom is -0.422 e. The average Bonchev–Trinajstić information content (AvgIpc) is 3.04. The highest BCUT2D eigenvalue weighted by molar-refractivity contribution is 7.16. The molecule has 0 amide bonds. The van der Waals surface area contributed by atoms with Crippen LogP contribution in [0.2, 0.25) is 0 Å². The normalized spacial score (nSPS) is 10.9. The van der Waals surface area contributed by atoms with E-state index in [1.165, 1.54) is 0 Å². The van der Waals surface area contributed by atoms with Crippen LogP contribution >= 0.6 is 11.3 Å². The van der Waals surface area contributed by atoms with Crippen LogP contribution in [0.1, 0.15) is 11.8 Å². The number of hydrogen-bond acceptors (Lipinski definition) is 5. The molecule has 0 aliphatic carbocycles. The van der Waals surface area contributed by atoms with Gasteiger partial charge in [-0.15, -0.1) is 11.3 Å². The summed E-state index contributed by atoms with van der Waals surface area (Å²) < 4.78 is 5.46. The number of anilines is 2. The van der Waals surface area contributed by atoms with Gasteiger partial charge >= 0.3 is 5.63 Å². The Hall–Kier alpha value is -2.92. The molecule has 0 aliphatic heterocycles. The van der Waals surface area contributed by atoms with Crippen molar-refractivity contribution in [2.75, 3.05) is 5.32 Å². The minimum absolute atomic E-state index is 0.357. The van der Waals surface area contributed by atoms with Crippen molar-refractivity contribution in [3.8, 4) is 11.3 Å². The van der Waals surface area contributed by atoms with Crippen LogP contribution in [-0.4, -0.2) is 4.98 Å². The van der Waals surface area contributed by atoms with Crippen LogP contribution in [-0.2, 0) is 6.42 Å². The first-order chi connectivity index (χ1) is 12.2. The van der Waals surface area contributed by atoms with E-state index in [1.807, 2.05) is 54.6 Å². The predicted molar refractivity (Wildman–Crippen MR) is 103 cm³/mol. The fourth-order valence-electron chi connectivity index (χ4n) is 2.73. The summed E-state index contributed by atoms with van der Waals surface area (Å²) in [4.78, 5) is 18.2. The molecule has 4 aromatic rings. The third kappa shape index (κ3) is 3.06. The molecule has 1 N–H and O–H groups in total. The van der Waals surface area contributed by atoms with Crippen molar-refractivity contribution in [3.05, 3.63) is 76.0 Å². The van der Waals surface area contributed by atoms with Gasteiger partial charge in [0.1, 0.15) is 5.58 Å². The SMILES string of the molecule is CCc1sc(Nc2ccccc2)nc1-c1cc2ccccc2oc1=O. The molecule has 2 aromatic carbocycles. The third-order valence-corrected chi connectivity index (χ3v) is 5.06. The Morgan fingerprint density at radius 1 is 1.08 bits per heavy atom. The van der Waals surface area contributed by atoms with Crippen molar-refractivity contribution in [2.45, 2.75) is 13.3 Å². The summed E-state index contributed by atoms with van der Waals surface area (Å²) in [5.41, 5.74) is 2.41. The topological polar surface area (TPSA) is 55.1 Å². The molecule has 4 nitrogen and oxygen atoms in total. The summed E-state index contributed by atoms with van der Waals surface area (Å²) >= 11 is 1.56. The van der Waals surface area contributed by atoms with E-state index < -0.39 is 0 Å². The lowest BCUT2D eigenvalue weighted by atomic mass is 10.1. The monoisotopic (exact) mass is 348 g/mol. The zero-order valence-corrected chi connectivity index (χ0v) is 14.5. The van der Waals surface area contributed by atoms with Gasteiger partial charge < -0.3 is 9.73 Å². The predicted octanol–water partition coefficient (Wildman–Crippen LogP) is 5.22. The second-order valence-corrected chi connectivity index (χ2v) is 6.70. The maximum absolute atomic E-state index is 12.4. The van der Waals surface area contributed by atoms with E-state index in [1.54, 1.807) is 17.4 Å². The zero-order chi connectivity index (χ0) is 17.2. The van der Waals surface area contributed by atoms with Crippen LogP contribution < -0.4 is 10.9 Å². The van der Waals surface area contributed by atoms with E-state index in [0.29, 0.717) is 16.8 Å². The Labute approximate surface area is 148 Å². The van der Waals surface area contributed by atoms with Crippen molar-refractivity contribution in [1.82, 2.24) is 4.98 Å². The highest BCUT2D eigenvalue weighted by atomic mass is 32.1. The lowest BCUT2D eigenvalue weighted by Crippen LogP contribution is -2.04. The fraction of sp³-hybridized carbons (Fsp3) is 0.100. The highest BCUT2D eigenvalue weighted by Crippen LogP contribution is 2.32. The Morgan fingerprint density at radius 2 is 1.84 bits per heavy atom. The van der Waals surface area contributed by atoms with Crippen molar-refractivity contribution in [2.24, 2.45) is 0 Å². The molecule has 25 heavy (non-hydrogen) atoms. The smallest absolute Gasteiger partial charge is 0.345 e. The first-order valence-electron chi connectivity index (χ1n) is 8.09. The van der Waals surface area contributed by atoms with Crippen LogP contribution in [0.4, 0.5) is 10.8 Å². The van der Waals surface area contributed by atoms with Gasteiger partial charge in [-0.25, -0.2) is 9.78 Å². The van der Waals surface area contributed by atoms with Crippen LogP contribution in [0.3, 0.4) is 0 Å². The number of nitrogens with zero attached hydrogens (tertiary/aromatic N) is 1. The third-order valence-electron chi connectivity index (χ3n) is 3.94. The molecule has 0 fully saturated rings. The second-order valence-electron chi connectivity index (χ2n) is 5.62. The van der Waals surface area contributed by atoms with Crippen LogP contribution in [0, 0.1) is 0 Å². The van der Waals surface area contributed by atoms with Gasteiger partial charge in [-0.05, 0) is 30.7 Å². The number of hydrogen-bond donors (Lipinski definition) is 1. The lowest BCUT2D eigenvalue weighted by molar-refractivity contribution is 0.563. The lowest BCUT2D eigenvalue weighted by Gasteiger charge is -2.02. The number of fused-ring (bicyclic) bond motifs is 1. The van der Waals surface area contributed by atoms with Crippen molar-refractivity contribution in [1.29, 1.82) is 0 Å². The van der Waals surface area contributed by atoms with Crippen molar-refractivity contribution >= 4 is 33.1 Å². The van der Waals surface area contributed by atoms with Gasteiger partial charge in [-0.3, -0.25) is 0 Å². The standard InChI is InChI=1S/C20H16N2O2S/c1-2-17-18(22-20(25-17)21-14-9-4-3-5-10-14)15-12-13-8-6-7-11-16(13)24-19(15)23/h3-12H,2H2,1H3,(H,21,22). The van der Waals surface area contributed by atoms with Crippen LogP contribution in [0.5, 0.6) is 0 Å². The zero-order valence-electron chi connectivity index (χ0n) is 13.7. The van der Waals surface area contributed by atoms with Crippen LogP contribution in [0.25, 0.3) is 22.2 Å². The first-order valence-corrected chi connectivity index (χ1v) is 8.91. The van der Waals surface area contributed by atoms with Gasteiger partial charge in [-0.1, -0.05) is 43.3 Å². The largest absolute Gasteiger partial charge is 0.422 e. The minimum atomic E-state index is -0.357. The van der Waals surface area contributed by atoms with E-state index in [2.05, 4.69) is 17.2 Å². The number of para-hydroxylation sites is 2. The Kier molecular flexibility index (Phi) is 4.07. The molecular weight excluding hydrogens is 332 g/mol. The van der Waals surface area contributed by atoms with Gasteiger partial charge in [0, 0.05) is 16.0 Å². The molecule has 124 valence electrons. The summed E-state index contributed by atoms with van der Waals surface area (Å²) in [5.74, 6) is 0. The molecule has 0 unspecified atom stereocenters. The molecule has 0 radical (unpaired) electrons. The van der Waals surface area contributed by atoms with E-state index in [0.717, 1.165) is 27.5 Å². The van der Waals surface area contributed by atoms with Crippen molar-refractivity contribution in [3.63, 3.8) is 0 Å². The number of aromatic nitrogens is 1. The first kappa shape index (κ1) is 15.6. The molecule has 4 rings (SSSR count). The maximum atomic E-state index is 12.4. The number of nitrogens with one attached hydrogen (secondary N) is 1. The molecule has 0 spiro atoms. The quantitative estimate of drug-likeness (QED) is 0.514. The van der Waals surface area contributed by atoms with Gasteiger partial charge in [0.05, 0.1) is 11.3 Å². The summed E-state index contributed by atoms with van der Waals surface area (Å²) in [5, 5.41) is 4.96. The Balaban J connectivity index is 1.80. The molecule has 0 bridgehead atoms. The molecule has 0 atom stereocenters. The summed E-state index contributed by atoms with van der Waals surface area (Å²) in [6, 6.07) is 19.2. The summed E-state index contributed by atoms with van der Waals surface area (Å²) in [6.07, 6.45) is 0.801. The highest BCUT2D eigenvalue weighted by Gasteiger charge is 2.17. The molecule has 0 saturated heterocycles.